The third kappa shape index (κ3) is 3.88. The largest absolute Gasteiger partial charge is 0.586 e. The molecule has 0 atom stereocenters. The molecule has 1 aromatic heterocycles. The highest BCUT2D eigenvalue weighted by Crippen LogP contribution is 2.42. The van der Waals surface area contributed by atoms with Crippen LogP contribution in [0, 0.1) is 5.82 Å². The van der Waals surface area contributed by atoms with Crippen molar-refractivity contribution in [2.45, 2.75) is 12.9 Å². The lowest BCUT2D eigenvalue weighted by atomic mass is 10.2. The van der Waals surface area contributed by atoms with Crippen molar-refractivity contribution in [3.05, 3.63) is 71.9 Å². The Hall–Kier alpha value is -3.62. The van der Waals surface area contributed by atoms with Crippen molar-refractivity contribution in [3.8, 4) is 17.2 Å². The van der Waals surface area contributed by atoms with Gasteiger partial charge in [0.15, 0.2) is 17.3 Å². The summed E-state index contributed by atoms with van der Waals surface area (Å²) in [5.74, 6) is -0.450. The Kier molecular flexibility index (Phi) is 4.34. The van der Waals surface area contributed by atoms with Crippen molar-refractivity contribution in [1.82, 2.24) is 0 Å². The van der Waals surface area contributed by atoms with Crippen LogP contribution in [0.2, 0.25) is 0 Å². The zero-order valence-corrected chi connectivity index (χ0v) is 14.1. The molecule has 0 aliphatic carbocycles. The molecule has 1 amide bonds. The zero-order valence-electron chi connectivity index (χ0n) is 14.1. The first-order valence-corrected chi connectivity index (χ1v) is 8.06. The van der Waals surface area contributed by atoms with Crippen LogP contribution >= 0.6 is 0 Å². The molecule has 1 aliphatic rings. The summed E-state index contributed by atoms with van der Waals surface area (Å²) >= 11 is 0. The van der Waals surface area contributed by atoms with E-state index in [4.69, 9.17) is 9.15 Å². The summed E-state index contributed by atoms with van der Waals surface area (Å²) in [5.41, 5.74) is 0.227. The highest BCUT2D eigenvalue weighted by molar-refractivity contribution is 6.02. The van der Waals surface area contributed by atoms with Gasteiger partial charge in [0, 0.05) is 11.8 Å². The highest BCUT2D eigenvalue weighted by Gasteiger charge is 2.43. The second kappa shape index (κ2) is 6.84. The van der Waals surface area contributed by atoms with E-state index in [0.29, 0.717) is 11.5 Å². The highest BCUT2D eigenvalue weighted by atomic mass is 19.3. The fourth-order valence-electron chi connectivity index (χ4n) is 2.48. The van der Waals surface area contributed by atoms with Gasteiger partial charge in [-0.05, 0) is 48.5 Å². The van der Waals surface area contributed by atoms with Crippen LogP contribution in [-0.2, 0) is 6.61 Å². The maximum Gasteiger partial charge on any atom is 0.586 e. The first-order valence-electron chi connectivity index (χ1n) is 8.06. The number of hydrogen-bond acceptors (Lipinski definition) is 5. The van der Waals surface area contributed by atoms with Crippen molar-refractivity contribution in [2.24, 2.45) is 0 Å². The minimum absolute atomic E-state index is 0.000651. The lowest BCUT2D eigenvalue weighted by molar-refractivity contribution is -0.286. The quantitative estimate of drug-likeness (QED) is 0.690. The smallest absolute Gasteiger partial charge is 0.486 e. The van der Waals surface area contributed by atoms with Gasteiger partial charge in [-0.3, -0.25) is 4.79 Å². The lowest BCUT2D eigenvalue weighted by Crippen LogP contribution is -2.25. The number of alkyl halides is 2. The maximum atomic E-state index is 13.0. The summed E-state index contributed by atoms with van der Waals surface area (Å²) in [6.45, 7) is 0.0397. The molecule has 2 heterocycles. The predicted molar refractivity (Wildman–Crippen MR) is 90.0 cm³/mol. The van der Waals surface area contributed by atoms with Gasteiger partial charge in [0.25, 0.3) is 5.91 Å². The normalized spacial score (nSPS) is 14.0. The molecule has 0 unspecified atom stereocenters. The van der Waals surface area contributed by atoms with Gasteiger partial charge < -0.3 is 23.9 Å². The summed E-state index contributed by atoms with van der Waals surface area (Å²) < 4.78 is 58.4. The first-order chi connectivity index (χ1) is 13.4. The summed E-state index contributed by atoms with van der Waals surface area (Å²) in [4.78, 5) is 12.3. The summed E-state index contributed by atoms with van der Waals surface area (Å²) in [7, 11) is 0. The molecular formula is C19H12F3NO5. The Balaban J connectivity index is 1.38. The number of halogens is 3. The summed E-state index contributed by atoms with van der Waals surface area (Å²) in [5, 5.41) is 2.51. The van der Waals surface area contributed by atoms with E-state index >= 15 is 0 Å². The molecule has 0 saturated heterocycles. The Bertz CT molecular complexity index is 1020. The minimum atomic E-state index is -3.73. The molecule has 144 valence electrons. The zero-order chi connectivity index (χ0) is 19.7. The molecule has 0 saturated carbocycles. The second-order valence-corrected chi connectivity index (χ2v) is 5.79. The van der Waals surface area contributed by atoms with Crippen molar-refractivity contribution in [1.29, 1.82) is 0 Å². The van der Waals surface area contributed by atoms with Gasteiger partial charge in [-0.2, -0.15) is 0 Å². The van der Waals surface area contributed by atoms with Crippen molar-refractivity contribution < 1.29 is 36.6 Å². The van der Waals surface area contributed by atoms with Gasteiger partial charge in [-0.25, -0.2) is 4.39 Å². The van der Waals surface area contributed by atoms with E-state index in [1.54, 1.807) is 6.07 Å². The Morgan fingerprint density at radius 2 is 1.75 bits per heavy atom. The van der Waals surface area contributed by atoms with Gasteiger partial charge in [0.05, 0.1) is 0 Å². The van der Waals surface area contributed by atoms with Crippen LogP contribution in [0.25, 0.3) is 0 Å². The standard InChI is InChI=1S/C19H12F3NO5/c20-11-1-4-13(5-2-11)25-10-14-6-8-16(26-14)18(24)23-12-3-7-15-17(9-12)28-19(21,22)27-15/h1-9H,10H2,(H,23,24). The van der Waals surface area contributed by atoms with Gasteiger partial charge in [-0.15, -0.1) is 8.78 Å². The van der Waals surface area contributed by atoms with E-state index in [-0.39, 0.29) is 35.4 Å². The number of amides is 1. The number of carbonyl (C=O) groups excluding carboxylic acids is 1. The summed E-state index contributed by atoms with van der Waals surface area (Å²) in [6, 6.07) is 12.3. The lowest BCUT2D eigenvalue weighted by Gasteiger charge is -2.05. The Morgan fingerprint density at radius 1 is 1.00 bits per heavy atom. The number of hydrogen-bond donors (Lipinski definition) is 1. The van der Waals surface area contributed by atoms with Gasteiger partial charge in [-0.1, -0.05) is 0 Å². The van der Waals surface area contributed by atoms with Crippen molar-refractivity contribution in [3.63, 3.8) is 0 Å². The molecule has 6 nitrogen and oxygen atoms in total. The van der Waals surface area contributed by atoms with Crippen LogP contribution in [0.1, 0.15) is 16.3 Å². The maximum absolute atomic E-state index is 13.0. The van der Waals surface area contributed by atoms with E-state index < -0.39 is 12.2 Å². The molecule has 1 N–H and O–H groups in total. The fraction of sp³-hybridized carbons (Fsp3) is 0.105. The molecule has 9 heteroatoms. The van der Waals surface area contributed by atoms with E-state index in [1.807, 2.05) is 0 Å². The number of carbonyl (C=O) groups is 1. The Morgan fingerprint density at radius 3 is 2.54 bits per heavy atom. The number of anilines is 1. The molecule has 4 rings (SSSR count). The van der Waals surface area contributed by atoms with Crippen LogP contribution in [0.5, 0.6) is 17.2 Å². The monoisotopic (exact) mass is 391 g/mol. The molecule has 3 aromatic rings. The van der Waals surface area contributed by atoms with Crippen LogP contribution < -0.4 is 19.5 Å². The van der Waals surface area contributed by atoms with Crippen LogP contribution in [0.15, 0.2) is 59.0 Å². The Labute approximate surface area is 156 Å². The molecule has 2 aromatic carbocycles. The van der Waals surface area contributed by atoms with Crippen molar-refractivity contribution >= 4 is 11.6 Å². The number of nitrogens with one attached hydrogen (secondary N) is 1. The molecule has 0 fully saturated rings. The van der Waals surface area contributed by atoms with Crippen LogP contribution in [0.4, 0.5) is 18.9 Å². The third-order valence-corrected chi connectivity index (χ3v) is 3.74. The third-order valence-electron chi connectivity index (χ3n) is 3.74. The summed E-state index contributed by atoms with van der Waals surface area (Å²) in [6.07, 6.45) is -3.73. The average Bonchev–Trinajstić information content (AvgIpc) is 3.23. The van der Waals surface area contributed by atoms with Crippen LogP contribution in [-0.4, -0.2) is 12.2 Å². The number of ether oxygens (including phenoxy) is 3. The van der Waals surface area contributed by atoms with Gasteiger partial charge in [0.2, 0.25) is 0 Å². The number of fused-ring (bicyclic) bond motifs is 1. The van der Waals surface area contributed by atoms with Crippen molar-refractivity contribution in [2.75, 3.05) is 5.32 Å². The number of rotatable bonds is 5. The SMILES string of the molecule is O=C(Nc1ccc2c(c1)OC(F)(F)O2)c1ccc(COc2ccc(F)cc2)o1. The van der Waals surface area contributed by atoms with Gasteiger partial charge in [0.1, 0.15) is 23.9 Å². The molecular weight excluding hydrogens is 379 g/mol. The van der Waals surface area contributed by atoms with E-state index in [0.717, 1.165) is 0 Å². The minimum Gasteiger partial charge on any atom is -0.486 e. The molecule has 0 radical (unpaired) electrons. The fourth-order valence-corrected chi connectivity index (χ4v) is 2.48. The molecule has 1 aliphatic heterocycles. The molecule has 0 bridgehead atoms. The second-order valence-electron chi connectivity index (χ2n) is 5.79. The average molecular weight is 391 g/mol. The first kappa shape index (κ1) is 17.8. The number of furan rings is 1. The van der Waals surface area contributed by atoms with Gasteiger partial charge >= 0.3 is 6.29 Å². The van der Waals surface area contributed by atoms with E-state index in [1.165, 1.54) is 48.5 Å². The van der Waals surface area contributed by atoms with E-state index in [2.05, 4.69) is 14.8 Å². The molecule has 0 spiro atoms. The molecule has 28 heavy (non-hydrogen) atoms. The topological polar surface area (TPSA) is 69.9 Å². The number of benzene rings is 2. The van der Waals surface area contributed by atoms with Crippen LogP contribution in [0.3, 0.4) is 0 Å². The predicted octanol–water partition coefficient (Wildman–Crippen LogP) is 4.57. The van der Waals surface area contributed by atoms with E-state index in [9.17, 15) is 18.0 Å².